The molecule has 11 aromatic rings. The molecule has 3 nitrogen and oxygen atoms in total. The lowest BCUT2D eigenvalue weighted by atomic mass is 10.1. The van der Waals surface area contributed by atoms with E-state index in [0.717, 1.165) is 67.6 Å². The molecule has 11 rings (SSSR count). The van der Waals surface area contributed by atoms with Gasteiger partial charge in [0.25, 0.3) is 0 Å². The molecule has 522 valence electrons. The summed E-state index contributed by atoms with van der Waals surface area (Å²) in [6, 6.07) is 75.3. The molecule has 0 saturated carbocycles. The number of hydrogen-bond acceptors (Lipinski definition) is 3. The van der Waals surface area contributed by atoms with Crippen LogP contribution in [0.5, 0.6) is 17.2 Å². The lowest BCUT2D eigenvalue weighted by Crippen LogP contribution is -2.16. The molecule has 0 aliphatic carbocycles. The summed E-state index contributed by atoms with van der Waals surface area (Å²) >= 11 is 11.3. The normalized spacial score (nSPS) is 9.79. The average molecular weight is 1390 g/mol. The SMILES string of the molecule is COc1ccc(C)cc1.COc1ccccc1C.Cc1cc(F)cc(F)c1.Cc1ccc(C(F)(F)F)cc1.Cc1ccc(Cl)cc1.Cc1ccc(F)cc1.Cc1ccc(OC(F)(F)F)cc1.Cc1cccc(C)c1.Cc1cccc(F)c1.Cc1ccccc1C.Cc1ccccc1Cl. The summed E-state index contributed by atoms with van der Waals surface area (Å²) in [5.41, 5.74) is 14.0. The minimum absolute atomic E-state index is 0.162. The summed E-state index contributed by atoms with van der Waals surface area (Å²) in [5, 5.41) is 1.64. The van der Waals surface area contributed by atoms with Crippen LogP contribution in [0.3, 0.4) is 0 Å². The van der Waals surface area contributed by atoms with Crippen LogP contribution in [-0.4, -0.2) is 20.6 Å². The van der Waals surface area contributed by atoms with Crippen molar-refractivity contribution in [2.75, 3.05) is 14.2 Å². The summed E-state index contributed by atoms with van der Waals surface area (Å²) in [6.07, 6.45) is -8.82. The van der Waals surface area contributed by atoms with Crippen molar-refractivity contribution < 1.29 is 58.1 Å². The summed E-state index contributed by atoms with van der Waals surface area (Å²) in [4.78, 5) is 0. The molecule has 0 amide bonds. The first-order valence-corrected chi connectivity index (χ1v) is 31.4. The Labute approximate surface area is 584 Å². The van der Waals surface area contributed by atoms with Crippen LogP contribution in [0.4, 0.5) is 43.9 Å². The van der Waals surface area contributed by atoms with E-state index < -0.39 is 29.7 Å². The molecule has 15 heteroatoms. The molecule has 0 radical (unpaired) electrons. The van der Waals surface area contributed by atoms with Gasteiger partial charge in [0, 0.05) is 16.1 Å². The highest BCUT2D eigenvalue weighted by molar-refractivity contribution is 6.31. The standard InChI is InChI=1S/C8H7F3O.C8H7F3.2C8H10O.2C8H10.2C7H7Cl.C7H6F2.2C7H7F/c1-6-2-4-7(5-3-6)12-8(9,10)11;1-6-2-4-7(5-3-6)8(9,10)11;1-7-3-5-8(9-2)6-4-7;1-7-5-3-4-6-8(7)9-2;1-7-4-3-5-8(2)6-7;1-7-5-3-4-6-8(7)2;1-6-2-4-7(8)5-3-6;1-6-4-2-3-5-7(6)8;1-5-2-6(8)4-7(9)3-5;1-6-2-4-7(8)5-3-6;1-6-3-2-4-7(8)5-6/h2-5H,1H3;2-5H,1H3;2*3-6H,1-2H3;2*3-6H,1-2H3;2*2-5H,1H3;2-4H,1H3;2*2-5H,1H3. The van der Waals surface area contributed by atoms with E-state index in [1.165, 1.54) is 99.6 Å². The molecule has 0 atom stereocenters. The first-order valence-electron chi connectivity index (χ1n) is 30.6. The van der Waals surface area contributed by atoms with E-state index in [-0.39, 0.29) is 17.4 Å². The van der Waals surface area contributed by atoms with Crippen LogP contribution in [0.15, 0.2) is 261 Å². The zero-order chi connectivity index (χ0) is 73.8. The molecule has 0 spiro atoms. The third-order valence-corrected chi connectivity index (χ3v) is 13.6. The third-order valence-electron chi connectivity index (χ3n) is 12.9. The maximum Gasteiger partial charge on any atom is 0.573 e. The van der Waals surface area contributed by atoms with Crippen LogP contribution in [-0.2, 0) is 6.18 Å². The fourth-order valence-corrected chi connectivity index (χ4v) is 7.59. The van der Waals surface area contributed by atoms with Crippen molar-refractivity contribution in [1.82, 2.24) is 0 Å². The number of hydrogen-bond donors (Lipinski definition) is 0. The predicted octanol–water partition coefficient (Wildman–Crippen LogP) is 26.4. The van der Waals surface area contributed by atoms with Crippen LogP contribution >= 0.6 is 23.2 Å². The van der Waals surface area contributed by atoms with E-state index in [0.29, 0.717) is 5.56 Å². The van der Waals surface area contributed by atoms with E-state index in [9.17, 15) is 43.9 Å². The third kappa shape index (κ3) is 43.7. The van der Waals surface area contributed by atoms with Gasteiger partial charge < -0.3 is 14.2 Å². The maximum absolute atomic E-state index is 12.2. The molecule has 0 aromatic heterocycles. The highest BCUT2D eigenvalue weighted by Gasteiger charge is 2.31. The minimum Gasteiger partial charge on any atom is -0.497 e. The van der Waals surface area contributed by atoms with Crippen molar-refractivity contribution in [3.8, 4) is 17.2 Å². The van der Waals surface area contributed by atoms with Crippen molar-refractivity contribution in [2.24, 2.45) is 0 Å². The average Bonchev–Trinajstić information content (AvgIpc) is 0.931. The van der Waals surface area contributed by atoms with Gasteiger partial charge in [-0.3, -0.25) is 0 Å². The van der Waals surface area contributed by atoms with Gasteiger partial charge in [-0.05, 0) is 220 Å². The smallest absolute Gasteiger partial charge is 0.497 e. The minimum atomic E-state index is -4.60. The van der Waals surface area contributed by atoms with Crippen LogP contribution in [0.1, 0.15) is 77.9 Å². The maximum atomic E-state index is 12.2. The molecule has 0 unspecified atom stereocenters. The van der Waals surface area contributed by atoms with Gasteiger partial charge in [0.1, 0.15) is 40.5 Å². The highest BCUT2D eigenvalue weighted by Crippen LogP contribution is 2.29. The van der Waals surface area contributed by atoms with E-state index >= 15 is 0 Å². The van der Waals surface area contributed by atoms with Crippen LogP contribution < -0.4 is 14.2 Å². The van der Waals surface area contributed by atoms with E-state index in [1.807, 2.05) is 138 Å². The molecule has 0 aliphatic heterocycles. The second-order valence-electron chi connectivity index (χ2n) is 22.0. The lowest BCUT2D eigenvalue weighted by Gasteiger charge is -2.08. The second-order valence-corrected chi connectivity index (χ2v) is 22.9. The number of aryl methyl sites for hydroxylation is 13. The van der Waals surface area contributed by atoms with Crippen LogP contribution in [0.2, 0.25) is 10.0 Å². The first kappa shape index (κ1) is 86.7. The Kier molecular flexibility index (Phi) is 42.1. The Morgan fingerprint density at radius 2 is 0.633 bits per heavy atom. The summed E-state index contributed by atoms with van der Waals surface area (Å²) < 4.78 is 133. The molecule has 0 saturated heterocycles. The number of ether oxygens (including phenoxy) is 3. The second kappa shape index (κ2) is 47.6. The summed E-state index contributed by atoms with van der Waals surface area (Å²) in [6.45, 7) is 25.5. The Hall–Kier alpha value is -9.30. The van der Waals surface area contributed by atoms with Gasteiger partial charge in [-0.15, -0.1) is 13.2 Å². The monoisotopic (exact) mass is 1390 g/mol. The van der Waals surface area contributed by atoms with Gasteiger partial charge in [-0.1, -0.05) is 220 Å². The molecule has 98 heavy (non-hydrogen) atoms. The van der Waals surface area contributed by atoms with Gasteiger partial charge in [0.15, 0.2) is 0 Å². The Morgan fingerprint density at radius 1 is 0.276 bits per heavy atom. The fourth-order valence-electron chi connectivity index (χ4n) is 7.33. The van der Waals surface area contributed by atoms with Gasteiger partial charge in [0.2, 0.25) is 0 Å². The number of methoxy groups -OCH3 is 2. The Bertz CT molecular complexity index is 3610. The van der Waals surface area contributed by atoms with Crippen molar-refractivity contribution in [3.05, 3.63) is 372 Å². The fraction of sp³-hybridized carbons (Fsp3) is 0.205. The quantitative estimate of drug-likeness (QED) is 0.165. The van der Waals surface area contributed by atoms with E-state index in [1.54, 1.807) is 65.3 Å². The summed E-state index contributed by atoms with van der Waals surface area (Å²) in [5.74, 6) is 0.312. The van der Waals surface area contributed by atoms with E-state index in [4.69, 9.17) is 32.7 Å². The lowest BCUT2D eigenvalue weighted by molar-refractivity contribution is -0.274. The van der Waals surface area contributed by atoms with Gasteiger partial charge in [-0.2, -0.15) is 13.2 Å². The van der Waals surface area contributed by atoms with Gasteiger partial charge in [-0.25, -0.2) is 17.6 Å². The van der Waals surface area contributed by atoms with Crippen molar-refractivity contribution in [1.29, 1.82) is 0 Å². The zero-order valence-corrected chi connectivity index (χ0v) is 59.6. The molecule has 11 aromatic carbocycles. The number of halogens is 12. The van der Waals surface area contributed by atoms with Crippen molar-refractivity contribution >= 4 is 23.2 Å². The van der Waals surface area contributed by atoms with Crippen molar-refractivity contribution in [2.45, 2.75) is 103 Å². The number of benzene rings is 11. The molecular formula is C83H88Cl2F10O3. The number of alkyl halides is 6. The van der Waals surface area contributed by atoms with Crippen LogP contribution in [0.25, 0.3) is 0 Å². The largest absolute Gasteiger partial charge is 0.573 e. The highest BCUT2D eigenvalue weighted by atomic mass is 35.5. The van der Waals surface area contributed by atoms with Gasteiger partial charge >= 0.3 is 12.5 Å². The molecule has 0 aliphatic rings. The number of para-hydroxylation sites is 1. The predicted molar refractivity (Wildman–Crippen MR) is 387 cm³/mol. The summed E-state index contributed by atoms with van der Waals surface area (Å²) in [7, 11) is 3.35. The van der Waals surface area contributed by atoms with Crippen LogP contribution in [0, 0.1) is 113 Å². The number of rotatable bonds is 3. The van der Waals surface area contributed by atoms with E-state index in [2.05, 4.69) is 87.9 Å². The molecule has 0 N–H and O–H groups in total. The molecule has 0 bridgehead atoms. The first-order chi connectivity index (χ1) is 46.1. The van der Waals surface area contributed by atoms with Gasteiger partial charge in [0.05, 0.1) is 19.8 Å². The molecule has 0 heterocycles. The molecule has 0 fully saturated rings. The topological polar surface area (TPSA) is 27.7 Å². The van der Waals surface area contributed by atoms with Crippen molar-refractivity contribution in [3.63, 3.8) is 0 Å². The molecular weight excluding hydrogens is 1310 g/mol. The Morgan fingerprint density at radius 3 is 0.918 bits per heavy atom. The zero-order valence-electron chi connectivity index (χ0n) is 58.1. The Balaban J connectivity index is 0.000000540.